The molecule has 1 aromatic heterocycles. The molecule has 8 heteroatoms. The smallest absolute Gasteiger partial charge is 0.246 e. The van der Waals surface area contributed by atoms with Gasteiger partial charge in [-0.1, -0.05) is 44.2 Å². The van der Waals surface area contributed by atoms with E-state index in [1.807, 2.05) is 0 Å². The lowest BCUT2D eigenvalue weighted by atomic mass is 10.0. The van der Waals surface area contributed by atoms with Gasteiger partial charge in [-0.2, -0.15) is 4.98 Å². The predicted octanol–water partition coefficient (Wildman–Crippen LogP) is 3.46. The van der Waals surface area contributed by atoms with Gasteiger partial charge in [0, 0.05) is 5.56 Å². The van der Waals surface area contributed by atoms with Gasteiger partial charge in [0.15, 0.2) is 0 Å². The predicted molar refractivity (Wildman–Crippen MR) is 101 cm³/mol. The molecule has 0 saturated carbocycles. The molecule has 6 nitrogen and oxygen atoms in total. The Morgan fingerprint density at radius 3 is 2.48 bits per heavy atom. The van der Waals surface area contributed by atoms with Crippen molar-refractivity contribution in [3.05, 3.63) is 71.8 Å². The number of nitrogens with one attached hydrogen (secondary N) is 1. The molecule has 0 radical (unpaired) electrons. The number of hydrogen-bond donors (Lipinski definition) is 1. The van der Waals surface area contributed by atoms with Crippen LogP contribution in [-0.2, 0) is 23.0 Å². The number of sulfonamides is 1. The molecule has 1 N–H and O–H groups in total. The topological polar surface area (TPSA) is 76.9 Å². The molecular formula is C19H21FN4O2S. The quantitative estimate of drug-likeness (QED) is 0.672. The van der Waals surface area contributed by atoms with E-state index in [0.717, 1.165) is 12.0 Å². The summed E-state index contributed by atoms with van der Waals surface area (Å²) >= 11 is 0. The van der Waals surface area contributed by atoms with Crippen molar-refractivity contribution in [1.29, 1.82) is 0 Å². The maximum Gasteiger partial charge on any atom is 0.264 e. The van der Waals surface area contributed by atoms with Gasteiger partial charge in [-0.3, -0.25) is 0 Å². The first-order valence-electron chi connectivity index (χ1n) is 8.58. The van der Waals surface area contributed by atoms with Crippen molar-refractivity contribution < 1.29 is 12.8 Å². The highest BCUT2D eigenvalue weighted by molar-refractivity contribution is 7.92. The normalized spacial score (nSPS) is 11.7. The highest BCUT2D eigenvalue weighted by Crippen LogP contribution is 2.16. The fourth-order valence-corrected chi connectivity index (χ4v) is 3.62. The van der Waals surface area contributed by atoms with Crippen LogP contribution in [0.15, 0.2) is 59.8 Å². The molecule has 3 rings (SSSR count). The van der Waals surface area contributed by atoms with Gasteiger partial charge in [0.2, 0.25) is 0 Å². The zero-order valence-corrected chi connectivity index (χ0v) is 15.9. The number of benzene rings is 2. The zero-order chi connectivity index (χ0) is 19.4. The van der Waals surface area contributed by atoms with Crippen molar-refractivity contribution in [2.45, 2.75) is 31.7 Å². The lowest BCUT2D eigenvalue weighted by Gasteiger charge is -2.07. The second-order valence-corrected chi connectivity index (χ2v) is 8.39. The standard InChI is InChI=1S/C19H21FN4O2S/c1-14(2)11-15-7-9-17(10-8-15)27(25,26)23-19-21-13-24(22-19)12-16-5-3-4-6-18(16)20/h3-10,13-14H,11-12H2,1-2H3,(H,22,23). The van der Waals surface area contributed by atoms with Crippen LogP contribution in [0.3, 0.4) is 0 Å². The lowest BCUT2D eigenvalue weighted by Crippen LogP contribution is -2.14. The Kier molecular flexibility index (Phi) is 5.55. The molecule has 0 saturated heterocycles. The second-order valence-electron chi connectivity index (χ2n) is 6.70. The third kappa shape index (κ3) is 4.91. The summed E-state index contributed by atoms with van der Waals surface area (Å²) in [6.45, 7) is 4.37. The molecule has 0 spiro atoms. The number of halogens is 1. The Bertz CT molecular complexity index is 1010. The molecule has 0 fully saturated rings. The molecule has 0 aliphatic heterocycles. The molecule has 2 aromatic carbocycles. The Balaban J connectivity index is 1.71. The molecule has 27 heavy (non-hydrogen) atoms. The van der Waals surface area contributed by atoms with Crippen molar-refractivity contribution in [3.63, 3.8) is 0 Å². The maximum atomic E-state index is 13.7. The van der Waals surface area contributed by atoms with E-state index in [0.29, 0.717) is 11.5 Å². The molecule has 0 amide bonds. The van der Waals surface area contributed by atoms with E-state index in [2.05, 4.69) is 28.7 Å². The van der Waals surface area contributed by atoms with E-state index >= 15 is 0 Å². The first-order chi connectivity index (χ1) is 12.8. The Labute approximate surface area is 158 Å². The average Bonchev–Trinajstić information content (AvgIpc) is 3.03. The number of nitrogens with zero attached hydrogens (tertiary/aromatic N) is 3. The third-order valence-corrected chi connectivity index (χ3v) is 5.27. The number of rotatable bonds is 7. The van der Waals surface area contributed by atoms with E-state index < -0.39 is 10.0 Å². The lowest BCUT2D eigenvalue weighted by molar-refractivity contribution is 0.584. The minimum atomic E-state index is -3.79. The molecule has 0 unspecified atom stereocenters. The monoisotopic (exact) mass is 388 g/mol. The van der Waals surface area contributed by atoms with Crippen molar-refractivity contribution in [2.75, 3.05) is 4.72 Å². The molecule has 3 aromatic rings. The number of anilines is 1. The van der Waals surface area contributed by atoms with Crippen LogP contribution in [0.4, 0.5) is 10.3 Å². The highest BCUT2D eigenvalue weighted by Gasteiger charge is 2.17. The highest BCUT2D eigenvalue weighted by atomic mass is 32.2. The average molecular weight is 388 g/mol. The van der Waals surface area contributed by atoms with Gasteiger partial charge in [-0.05, 0) is 36.1 Å². The molecule has 142 valence electrons. The van der Waals surface area contributed by atoms with E-state index in [-0.39, 0.29) is 23.2 Å². The first kappa shape index (κ1) is 19.0. The van der Waals surface area contributed by atoms with Crippen molar-refractivity contribution >= 4 is 16.0 Å². The molecule has 0 bridgehead atoms. The van der Waals surface area contributed by atoms with Crippen molar-refractivity contribution in [1.82, 2.24) is 14.8 Å². The van der Waals surface area contributed by atoms with Crippen molar-refractivity contribution in [3.8, 4) is 0 Å². The van der Waals surface area contributed by atoms with Crippen LogP contribution in [0.25, 0.3) is 0 Å². The summed E-state index contributed by atoms with van der Waals surface area (Å²) in [5.41, 5.74) is 1.52. The van der Waals surface area contributed by atoms with Gasteiger partial charge < -0.3 is 0 Å². The minimum absolute atomic E-state index is 0.0578. The molecule has 0 aliphatic carbocycles. The minimum Gasteiger partial charge on any atom is -0.246 e. The van der Waals surface area contributed by atoms with Crippen molar-refractivity contribution in [2.24, 2.45) is 5.92 Å². The Morgan fingerprint density at radius 2 is 1.81 bits per heavy atom. The summed E-state index contributed by atoms with van der Waals surface area (Å²) in [5.74, 6) is 0.0856. The van der Waals surface area contributed by atoms with Gasteiger partial charge >= 0.3 is 0 Å². The van der Waals surface area contributed by atoms with Gasteiger partial charge in [0.1, 0.15) is 12.1 Å². The maximum absolute atomic E-state index is 13.7. The van der Waals surface area contributed by atoms with Crippen LogP contribution < -0.4 is 4.72 Å². The molecular weight excluding hydrogens is 367 g/mol. The summed E-state index contributed by atoms with van der Waals surface area (Å²) in [5, 5.41) is 4.06. The van der Waals surface area contributed by atoms with Gasteiger partial charge in [-0.15, -0.1) is 5.10 Å². The molecule has 1 heterocycles. The summed E-state index contributed by atoms with van der Waals surface area (Å²) in [4.78, 5) is 4.09. The van der Waals surface area contributed by atoms with Crippen LogP contribution in [0.1, 0.15) is 25.0 Å². The first-order valence-corrected chi connectivity index (χ1v) is 10.1. The third-order valence-electron chi connectivity index (χ3n) is 3.93. The van der Waals surface area contributed by atoms with Crippen LogP contribution >= 0.6 is 0 Å². The molecule has 0 atom stereocenters. The summed E-state index contributed by atoms with van der Waals surface area (Å²) in [6, 6.07) is 13.1. The van der Waals surface area contributed by atoms with Crippen LogP contribution in [0.5, 0.6) is 0 Å². The van der Waals surface area contributed by atoms with Crippen LogP contribution in [0.2, 0.25) is 0 Å². The second kappa shape index (κ2) is 7.87. The SMILES string of the molecule is CC(C)Cc1ccc(S(=O)(=O)Nc2ncn(Cc3ccccc3F)n2)cc1. The Morgan fingerprint density at radius 1 is 1.11 bits per heavy atom. The fourth-order valence-electron chi connectivity index (χ4n) is 2.67. The summed E-state index contributed by atoms with van der Waals surface area (Å²) in [7, 11) is -3.79. The van der Waals surface area contributed by atoms with E-state index in [1.54, 1.807) is 42.5 Å². The van der Waals surface area contributed by atoms with Crippen LogP contribution in [0, 0.1) is 11.7 Å². The molecule has 0 aliphatic rings. The van der Waals surface area contributed by atoms with Gasteiger partial charge in [-0.25, -0.2) is 22.2 Å². The van der Waals surface area contributed by atoms with Gasteiger partial charge in [0.25, 0.3) is 16.0 Å². The number of aromatic nitrogens is 3. The Hall–Kier alpha value is -2.74. The van der Waals surface area contributed by atoms with E-state index in [9.17, 15) is 12.8 Å². The van der Waals surface area contributed by atoms with E-state index in [4.69, 9.17) is 0 Å². The number of hydrogen-bond acceptors (Lipinski definition) is 4. The fraction of sp³-hybridized carbons (Fsp3) is 0.263. The summed E-state index contributed by atoms with van der Waals surface area (Å²) < 4.78 is 42.4. The zero-order valence-electron chi connectivity index (χ0n) is 15.1. The van der Waals surface area contributed by atoms with Gasteiger partial charge in [0.05, 0.1) is 11.4 Å². The van der Waals surface area contributed by atoms with Crippen LogP contribution in [-0.4, -0.2) is 23.2 Å². The van der Waals surface area contributed by atoms with E-state index in [1.165, 1.54) is 17.1 Å². The summed E-state index contributed by atoms with van der Waals surface area (Å²) in [6.07, 6.45) is 2.24. The largest absolute Gasteiger partial charge is 0.264 e.